The maximum atomic E-state index is 13.3. The van der Waals surface area contributed by atoms with Gasteiger partial charge in [-0.05, 0) is 69.2 Å². The van der Waals surface area contributed by atoms with Gasteiger partial charge in [0.2, 0.25) is 0 Å². The molecule has 21 heavy (non-hydrogen) atoms. The molecular formula is C14H11BrFN5. The summed E-state index contributed by atoms with van der Waals surface area (Å²) in [4.78, 5) is 0. The zero-order valence-electron chi connectivity index (χ0n) is 11.1. The van der Waals surface area contributed by atoms with Crippen LogP contribution in [-0.2, 0) is 0 Å². The molecule has 106 valence electrons. The van der Waals surface area contributed by atoms with Gasteiger partial charge in [0.1, 0.15) is 5.82 Å². The van der Waals surface area contributed by atoms with Crippen molar-refractivity contribution in [3.05, 3.63) is 52.3 Å². The first kappa shape index (κ1) is 13.7. The van der Waals surface area contributed by atoms with Gasteiger partial charge in [-0.2, -0.15) is 4.68 Å². The van der Waals surface area contributed by atoms with Gasteiger partial charge >= 0.3 is 0 Å². The lowest BCUT2D eigenvalue weighted by atomic mass is 10.1. The summed E-state index contributed by atoms with van der Waals surface area (Å²) >= 11 is 3.48. The number of rotatable bonds is 2. The summed E-state index contributed by atoms with van der Waals surface area (Å²) in [5.41, 5.74) is 8.19. The Morgan fingerprint density at radius 1 is 1.19 bits per heavy atom. The lowest BCUT2D eigenvalue weighted by Crippen LogP contribution is -2.02. The number of nitrogen functional groups attached to an aromatic ring is 1. The Balaban J connectivity index is 2.17. The van der Waals surface area contributed by atoms with Crippen LogP contribution in [0, 0.1) is 12.7 Å². The Morgan fingerprint density at radius 3 is 2.76 bits per heavy atom. The first-order valence-corrected chi connectivity index (χ1v) is 6.96. The van der Waals surface area contributed by atoms with Gasteiger partial charge in [-0.1, -0.05) is 6.07 Å². The number of aryl methyl sites for hydroxylation is 1. The van der Waals surface area contributed by atoms with Crippen LogP contribution in [0.4, 0.5) is 10.1 Å². The molecule has 0 radical (unpaired) electrons. The van der Waals surface area contributed by atoms with E-state index < -0.39 is 5.82 Å². The van der Waals surface area contributed by atoms with E-state index in [4.69, 9.17) is 5.73 Å². The number of nitrogens with zero attached hydrogens (tertiary/aromatic N) is 4. The maximum Gasteiger partial charge on any atom is 0.187 e. The Kier molecular flexibility index (Phi) is 3.42. The minimum absolute atomic E-state index is 0.0605. The van der Waals surface area contributed by atoms with Crippen molar-refractivity contribution in [3.8, 4) is 17.1 Å². The molecule has 0 amide bonds. The number of hydrogen-bond acceptors (Lipinski definition) is 4. The molecule has 1 aromatic heterocycles. The molecule has 0 aliphatic heterocycles. The van der Waals surface area contributed by atoms with Crippen LogP contribution in [0.2, 0.25) is 0 Å². The second kappa shape index (κ2) is 5.25. The molecule has 0 saturated heterocycles. The molecule has 5 nitrogen and oxygen atoms in total. The van der Waals surface area contributed by atoms with Gasteiger partial charge in [0.05, 0.1) is 11.4 Å². The Labute approximate surface area is 128 Å². The van der Waals surface area contributed by atoms with E-state index in [1.807, 2.05) is 25.1 Å². The van der Waals surface area contributed by atoms with E-state index >= 15 is 0 Å². The molecule has 0 aliphatic carbocycles. The van der Waals surface area contributed by atoms with Gasteiger partial charge in [0, 0.05) is 10.0 Å². The van der Waals surface area contributed by atoms with Crippen molar-refractivity contribution >= 4 is 21.6 Å². The first-order valence-electron chi connectivity index (χ1n) is 6.16. The summed E-state index contributed by atoms with van der Waals surface area (Å²) in [6, 6.07) is 10.3. The number of halogens is 2. The second-order valence-corrected chi connectivity index (χ2v) is 5.46. The predicted octanol–water partition coefficient (Wildman–Crippen LogP) is 3.12. The van der Waals surface area contributed by atoms with Crippen LogP contribution in [0.15, 0.2) is 40.9 Å². The smallest absolute Gasteiger partial charge is 0.187 e. The number of tetrazole rings is 1. The third kappa shape index (κ3) is 2.52. The van der Waals surface area contributed by atoms with Gasteiger partial charge in [-0.3, -0.25) is 0 Å². The minimum atomic E-state index is -0.463. The third-order valence-electron chi connectivity index (χ3n) is 3.05. The third-order valence-corrected chi connectivity index (χ3v) is 3.72. The molecule has 0 aliphatic rings. The van der Waals surface area contributed by atoms with E-state index in [1.54, 1.807) is 10.7 Å². The van der Waals surface area contributed by atoms with Crippen LogP contribution in [0.1, 0.15) is 5.56 Å². The van der Waals surface area contributed by atoms with Crippen LogP contribution in [0.5, 0.6) is 0 Å². The standard InChI is InChI=1S/C14H11BrFN5/c1-8-2-4-10(15)13(6-8)21-14(18-19-20-21)9-3-5-11(16)12(17)7-9/h2-7H,17H2,1H3. The summed E-state index contributed by atoms with van der Waals surface area (Å²) in [7, 11) is 0. The van der Waals surface area contributed by atoms with Crippen LogP contribution < -0.4 is 5.73 Å². The van der Waals surface area contributed by atoms with Crippen LogP contribution in [0.3, 0.4) is 0 Å². The minimum Gasteiger partial charge on any atom is -0.396 e. The number of anilines is 1. The molecule has 0 atom stereocenters. The number of hydrogen-bond donors (Lipinski definition) is 1. The van der Waals surface area contributed by atoms with E-state index in [0.29, 0.717) is 11.4 Å². The van der Waals surface area contributed by atoms with E-state index in [1.165, 1.54) is 12.1 Å². The largest absolute Gasteiger partial charge is 0.396 e. The van der Waals surface area contributed by atoms with Gasteiger partial charge < -0.3 is 5.73 Å². The second-order valence-electron chi connectivity index (χ2n) is 4.61. The van der Waals surface area contributed by atoms with E-state index in [0.717, 1.165) is 15.7 Å². The summed E-state index contributed by atoms with van der Waals surface area (Å²) in [5, 5.41) is 11.7. The molecule has 2 N–H and O–H groups in total. The monoisotopic (exact) mass is 347 g/mol. The van der Waals surface area contributed by atoms with Crippen molar-refractivity contribution in [2.75, 3.05) is 5.73 Å². The quantitative estimate of drug-likeness (QED) is 0.723. The van der Waals surface area contributed by atoms with E-state index in [-0.39, 0.29) is 5.69 Å². The van der Waals surface area contributed by atoms with Gasteiger partial charge in [-0.15, -0.1) is 5.10 Å². The van der Waals surface area contributed by atoms with Crippen LogP contribution in [-0.4, -0.2) is 20.2 Å². The Hall–Kier alpha value is -2.28. The topological polar surface area (TPSA) is 69.6 Å². The molecule has 3 rings (SSSR count). The lowest BCUT2D eigenvalue weighted by Gasteiger charge is -2.08. The summed E-state index contributed by atoms with van der Waals surface area (Å²) < 4.78 is 15.7. The van der Waals surface area contributed by atoms with Gasteiger partial charge in [0.15, 0.2) is 5.82 Å². The molecule has 2 aromatic carbocycles. The van der Waals surface area contributed by atoms with Crippen molar-refractivity contribution in [2.45, 2.75) is 6.92 Å². The highest BCUT2D eigenvalue weighted by atomic mass is 79.9. The Bertz CT molecular complexity index is 815. The zero-order chi connectivity index (χ0) is 15.0. The Morgan fingerprint density at radius 2 is 2.00 bits per heavy atom. The number of aromatic nitrogens is 4. The number of nitrogens with two attached hydrogens (primary N) is 1. The lowest BCUT2D eigenvalue weighted by molar-refractivity contribution is 0.632. The summed E-state index contributed by atoms with van der Waals surface area (Å²) in [6.45, 7) is 1.98. The van der Waals surface area contributed by atoms with E-state index in [9.17, 15) is 4.39 Å². The average Bonchev–Trinajstić information content (AvgIpc) is 2.93. The van der Waals surface area contributed by atoms with Crippen molar-refractivity contribution in [2.24, 2.45) is 0 Å². The first-order chi connectivity index (χ1) is 10.1. The molecule has 7 heteroatoms. The van der Waals surface area contributed by atoms with Crippen LogP contribution in [0.25, 0.3) is 17.1 Å². The van der Waals surface area contributed by atoms with E-state index in [2.05, 4.69) is 31.5 Å². The number of benzene rings is 2. The summed E-state index contributed by atoms with van der Waals surface area (Å²) in [6.07, 6.45) is 0. The zero-order valence-corrected chi connectivity index (χ0v) is 12.7. The van der Waals surface area contributed by atoms with Crippen molar-refractivity contribution in [3.63, 3.8) is 0 Å². The molecule has 3 aromatic rings. The molecule has 0 spiro atoms. The van der Waals surface area contributed by atoms with Crippen molar-refractivity contribution in [1.82, 2.24) is 20.2 Å². The fourth-order valence-corrected chi connectivity index (χ4v) is 2.41. The molecule has 0 bridgehead atoms. The predicted molar refractivity (Wildman–Crippen MR) is 81.4 cm³/mol. The molecule has 0 fully saturated rings. The molecule has 0 unspecified atom stereocenters. The maximum absolute atomic E-state index is 13.3. The highest BCUT2D eigenvalue weighted by Gasteiger charge is 2.14. The fourth-order valence-electron chi connectivity index (χ4n) is 2.00. The fraction of sp³-hybridized carbons (Fsp3) is 0.0714. The summed E-state index contributed by atoms with van der Waals surface area (Å²) in [5.74, 6) is 0.0301. The van der Waals surface area contributed by atoms with Gasteiger partial charge in [-0.25, -0.2) is 4.39 Å². The highest BCUT2D eigenvalue weighted by molar-refractivity contribution is 9.10. The van der Waals surface area contributed by atoms with Crippen molar-refractivity contribution < 1.29 is 4.39 Å². The van der Waals surface area contributed by atoms with Crippen LogP contribution >= 0.6 is 15.9 Å². The normalized spacial score (nSPS) is 10.8. The molecule has 0 saturated carbocycles. The molecular weight excluding hydrogens is 337 g/mol. The SMILES string of the molecule is Cc1ccc(Br)c(-n2nnnc2-c2ccc(F)c(N)c2)c1. The van der Waals surface area contributed by atoms with Gasteiger partial charge in [0.25, 0.3) is 0 Å². The molecule has 1 heterocycles. The highest BCUT2D eigenvalue weighted by Crippen LogP contribution is 2.27. The van der Waals surface area contributed by atoms with Crippen molar-refractivity contribution in [1.29, 1.82) is 0 Å². The average molecular weight is 348 g/mol.